The Kier molecular flexibility index (Phi) is 6.66. The van der Waals surface area contributed by atoms with Gasteiger partial charge in [-0.3, -0.25) is 14.6 Å². The van der Waals surface area contributed by atoms with Gasteiger partial charge in [-0.2, -0.15) is 0 Å². The van der Waals surface area contributed by atoms with Gasteiger partial charge in [0, 0.05) is 38.6 Å². The Hall–Kier alpha value is -2.73. The summed E-state index contributed by atoms with van der Waals surface area (Å²) in [5.74, 6) is 0.0805. The molecular weight excluding hydrogens is 390 g/mol. The van der Waals surface area contributed by atoms with Crippen LogP contribution >= 0.6 is 0 Å². The van der Waals surface area contributed by atoms with Crippen LogP contribution < -0.4 is 5.32 Å². The van der Waals surface area contributed by atoms with Crippen LogP contribution in [-0.2, 0) is 20.7 Å². The third kappa shape index (κ3) is 4.79. The van der Waals surface area contributed by atoms with Crippen LogP contribution in [0.4, 0.5) is 0 Å². The molecule has 2 fully saturated rings. The zero-order valence-corrected chi connectivity index (χ0v) is 18.2. The minimum atomic E-state index is -0.610. The fraction of sp³-hybridized carbons (Fsp3) is 0.480. The van der Waals surface area contributed by atoms with E-state index < -0.39 is 5.41 Å². The third-order valence-electron chi connectivity index (χ3n) is 6.42. The Morgan fingerprint density at radius 1 is 1.13 bits per heavy atom. The van der Waals surface area contributed by atoms with Gasteiger partial charge in [-0.1, -0.05) is 24.3 Å². The highest BCUT2D eigenvalue weighted by Gasteiger charge is 2.44. The van der Waals surface area contributed by atoms with Crippen LogP contribution in [0.5, 0.6) is 0 Å². The minimum Gasteiger partial charge on any atom is -0.368 e. The van der Waals surface area contributed by atoms with Gasteiger partial charge in [0.15, 0.2) is 0 Å². The van der Waals surface area contributed by atoms with Crippen LogP contribution in [0.1, 0.15) is 38.2 Å². The number of piperidine rings is 1. The van der Waals surface area contributed by atoms with Crippen molar-refractivity contribution < 1.29 is 14.3 Å². The molecule has 1 aromatic heterocycles. The fourth-order valence-electron chi connectivity index (χ4n) is 4.80. The number of amides is 2. The predicted molar refractivity (Wildman–Crippen MR) is 119 cm³/mol. The number of pyridine rings is 1. The average molecular weight is 422 g/mol. The highest BCUT2D eigenvalue weighted by atomic mass is 16.5. The summed E-state index contributed by atoms with van der Waals surface area (Å²) in [6.45, 7) is 4.31. The predicted octanol–water partition coefficient (Wildman–Crippen LogP) is 3.22. The molecule has 0 spiro atoms. The van der Waals surface area contributed by atoms with Gasteiger partial charge in [0.1, 0.15) is 6.10 Å². The second-order valence-corrected chi connectivity index (χ2v) is 8.61. The molecular formula is C25H31N3O3. The zero-order chi connectivity index (χ0) is 21.7. The number of hydrogen-bond donors (Lipinski definition) is 1. The molecule has 3 heterocycles. The Morgan fingerprint density at radius 2 is 1.87 bits per heavy atom. The van der Waals surface area contributed by atoms with Crippen LogP contribution in [0, 0.1) is 5.41 Å². The molecule has 2 aliphatic rings. The smallest absolute Gasteiger partial charge is 0.251 e. The maximum Gasteiger partial charge on any atom is 0.251 e. The highest BCUT2D eigenvalue weighted by Crippen LogP contribution is 2.35. The van der Waals surface area contributed by atoms with Crippen molar-refractivity contribution in [2.24, 2.45) is 5.41 Å². The molecule has 2 amide bonds. The van der Waals surface area contributed by atoms with Gasteiger partial charge in [-0.05, 0) is 67.9 Å². The Bertz CT molecular complexity index is 894. The van der Waals surface area contributed by atoms with Crippen molar-refractivity contribution in [1.29, 1.82) is 0 Å². The van der Waals surface area contributed by atoms with Gasteiger partial charge in [0.05, 0.1) is 5.41 Å². The molecule has 0 bridgehead atoms. The third-order valence-corrected chi connectivity index (χ3v) is 6.42. The van der Waals surface area contributed by atoms with E-state index in [0.717, 1.165) is 42.4 Å². The molecule has 2 unspecified atom stereocenters. The molecule has 2 aromatic rings. The Morgan fingerprint density at radius 3 is 2.55 bits per heavy atom. The number of carbonyl (C=O) groups excluding carboxylic acids is 2. The van der Waals surface area contributed by atoms with Crippen molar-refractivity contribution in [3.8, 4) is 11.1 Å². The lowest BCUT2D eigenvalue weighted by atomic mass is 9.74. The first-order valence-electron chi connectivity index (χ1n) is 11.3. The van der Waals surface area contributed by atoms with Gasteiger partial charge in [0.25, 0.3) is 5.91 Å². The molecule has 6 nitrogen and oxygen atoms in total. The lowest BCUT2D eigenvalue weighted by Crippen LogP contribution is -2.56. The van der Waals surface area contributed by atoms with Gasteiger partial charge in [-0.25, -0.2) is 0 Å². The number of nitrogens with one attached hydrogen (secondary N) is 1. The van der Waals surface area contributed by atoms with Gasteiger partial charge < -0.3 is 15.0 Å². The molecule has 2 aliphatic heterocycles. The van der Waals surface area contributed by atoms with E-state index in [1.165, 1.54) is 0 Å². The second kappa shape index (κ2) is 9.60. The van der Waals surface area contributed by atoms with Crippen molar-refractivity contribution in [1.82, 2.24) is 15.2 Å². The molecule has 31 heavy (non-hydrogen) atoms. The van der Waals surface area contributed by atoms with Gasteiger partial charge in [0.2, 0.25) is 5.91 Å². The quantitative estimate of drug-likeness (QED) is 0.777. The van der Waals surface area contributed by atoms with Crippen LogP contribution in [0.2, 0.25) is 0 Å². The first-order valence-corrected chi connectivity index (χ1v) is 11.3. The number of aromatic nitrogens is 1. The second-order valence-electron chi connectivity index (χ2n) is 8.61. The van der Waals surface area contributed by atoms with Gasteiger partial charge >= 0.3 is 0 Å². The van der Waals surface area contributed by atoms with E-state index in [4.69, 9.17) is 4.74 Å². The zero-order valence-electron chi connectivity index (χ0n) is 18.2. The summed E-state index contributed by atoms with van der Waals surface area (Å²) in [4.78, 5) is 32.1. The van der Waals surface area contributed by atoms with Crippen LogP contribution in [0.3, 0.4) is 0 Å². The van der Waals surface area contributed by atoms with Gasteiger partial charge in [-0.15, -0.1) is 0 Å². The lowest BCUT2D eigenvalue weighted by Gasteiger charge is -2.42. The van der Waals surface area contributed by atoms with Crippen LogP contribution in [0.15, 0.2) is 48.8 Å². The van der Waals surface area contributed by atoms with Crippen molar-refractivity contribution in [3.05, 3.63) is 54.4 Å². The number of rotatable bonds is 6. The van der Waals surface area contributed by atoms with Crippen LogP contribution in [-0.4, -0.2) is 54.0 Å². The number of likely N-dealkylation sites (tertiary alicyclic amines) is 1. The van der Waals surface area contributed by atoms with Crippen molar-refractivity contribution in [2.45, 2.75) is 45.1 Å². The number of nitrogens with zero attached hydrogens (tertiary/aromatic N) is 2. The van der Waals surface area contributed by atoms with E-state index in [9.17, 15) is 9.59 Å². The highest BCUT2D eigenvalue weighted by molar-refractivity contribution is 5.86. The maximum absolute atomic E-state index is 13.2. The summed E-state index contributed by atoms with van der Waals surface area (Å²) in [6.07, 6.45) is 7.15. The maximum atomic E-state index is 13.2. The fourth-order valence-corrected chi connectivity index (χ4v) is 4.80. The molecule has 0 saturated carbocycles. The molecule has 2 atom stereocenters. The Labute approximate surface area is 184 Å². The molecule has 1 aromatic carbocycles. The monoisotopic (exact) mass is 421 g/mol. The molecule has 1 N–H and O–H groups in total. The molecule has 164 valence electrons. The van der Waals surface area contributed by atoms with E-state index in [0.29, 0.717) is 32.7 Å². The topological polar surface area (TPSA) is 71.5 Å². The molecule has 0 radical (unpaired) electrons. The standard InChI is InChI=1S/C25H31N3O3/c1-2-27-24(30)25(12-4-15-28(18-25)23(29)22-5-3-16-31-22)17-19-6-8-20(9-7-19)21-10-13-26-14-11-21/h6-11,13-14,22H,2-5,12,15-18H2,1H3,(H,27,30). The molecule has 6 heteroatoms. The van der Waals surface area contributed by atoms with E-state index in [2.05, 4.69) is 34.6 Å². The number of hydrogen-bond acceptors (Lipinski definition) is 4. The van der Waals surface area contributed by atoms with E-state index in [1.807, 2.05) is 24.0 Å². The Balaban J connectivity index is 1.54. The number of ether oxygens (including phenoxy) is 1. The SMILES string of the molecule is CCNC(=O)C1(Cc2ccc(-c3ccncc3)cc2)CCCN(C(=O)C2CCCO2)C1. The summed E-state index contributed by atoms with van der Waals surface area (Å²) in [5, 5.41) is 3.03. The number of carbonyl (C=O) groups is 2. The van der Waals surface area contributed by atoms with Crippen molar-refractivity contribution in [2.75, 3.05) is 26.2 Å². The lowest BCUT2D eigenvalue weighted by molar-refractivity contribution is -0.148. The summed E-state index contributed by atoms with van der Waals surface area (Å²) in [5.41, 5.74) is 2.74. The first-order chi connectivity index (χ1) is 15.1. The summed E-state index contributed by atoms with van der Waals surface area (Å²) >= 11 is 0. The molecule has 4 rings (SSSR count). The average Bonchev–Trinajstić information content (AvgIpc) is 3.35. The number of benzene rings is 1. The largest absolute Gasteiger partial charge is 0.368 e. The molecule has 0 aliphatic carbocycles. The summed E-state index contributed by atoms with van der Waals surface area (Å²) in [6, 6.07) is 12.3. The van der Waals surface area contributed by atoms with Crippen molar-refractivity contribution >= 4 is 11.8 Å². The summed E-state index contributed by atoms with van der Waals surface area (Å²) < 4.78 is 5.62. The van der Waals surface area contributed by atoms with E-state index in [1.54, 1.807) is 12.4 Å². The first kappa shape index (κ1) is 21.5. The van der Waals surface area contributed by atoms with E-state index in [-0.39, 0.29) is 17.9 Å². The van der Waals surface area contributed by atoms with E-state index >= 15 is 0 Å². The minimum absolute atomic E-state index is 0.0399. The van der Waals surface area contributed by atoms with Crippen LogP contribution in [0.25, 0.3) is 11.1 Å². The van der Waals surface area contributed by atoms with Crippen molar-refractivity contribution in [3.63, 3.8) is 0 Å². The molecule has 2 saturated heterocycles. The summed E-state index contributed by atoms with van der Waals surface area (Å²) in [7, 11) is 0. The normalized spacial score (nSPS) is 23.5.